The lowest BCUT2D eigenvalue weighted by atomic mass is 10.1. The second-order valence-electron chi connectivity index (χ2n) is 7.94. The third-order valence-electron chi connectivity index (χ3n) is 5.06. The highest BCUT2D eigenvalue weighted by Gasteiger charge is 2.07. The van der Waals surface area contributed by atoms with Crippen LogP contribution in [0.2, 0.25) is 0 Å². The Balaban J connectivity index is 1.57. The van der Waals surface area contributed by atoms with E-state index in [0.717, 1.165) is 48.9 Å². The predicted octanol–water partition coefficient (Wildman–Crippen LogP) is 3.69. The van der Waals surface area contributed by atoms with E-state index < -0.39 is 0 Å². The van der Waals surface area contributed by atoms with Crippen molar-refractivity contribution in [2.45, 2.75) is 39.9 Å². The van der Waals surface area contributed by atoms with Crippen LogP contribution in [0.4, 0.5) is 4.39 Å². The standard InChI is InChI=1S/C24H33FN6/c1-5-26-24(28-16-19-11-12-21(25)20(15-19)17-30(3)4)27-13-8-14-31-18(2)29-22-9-6-7-10-23(22)31/h6-7,9-12,15H,5,8,13-14,16-17H2,1-4H3,(H2,26,27,28). The van der Waals surface area contributed by atoms with Crippen molar-refractivity contribution in [3.8, 4) is 0 Å². The lowest BCUT2D eigenvalue weighted by Crippen LogP contribution is -2.38. The second kappa shape index (κ2) is 10.9. The molecule has 3 rings (SSSR count). The average molecular weight is 425 g/mol. The number of aryl methyl sites for hydroxylation is 2. The molecule has 0 fully saturated rings. The molecule has 0 saturated heterocycles. The molecular weight excluding hydrogens is 391 g/mol. The maximum atomic E-state index is 14.0. The number of aliphatic imine (C=N–C) groups is 1. The molecular formula is C24H33FN6. The number of guanidine groups is 1. The zero-order valence-corrected chi connectivity index (χ0v) is 19.0. The van der Waals surface area contributed by atoms with E-state index in [1.54, 1.807) is 6.07 Å². The molecule has 1 aromatic heterocycles. The maximum absolute atomic E-state index is 14.0. The van der Waals surface area contributed by atoms with E-state index in [0.29, 0.717) is 18.7 Å². The Bertz CT molecular complexity index is 1020. The zero-order valence-electron chi connectivity index (χ0n) is 19.0. The van der Waals surface area contributed by atoms with E-state index in [1.165, 1.54) is 11.6 Å². The molecule has 0 radical (unpaired) electrons. The van der Waals surface area contributed by atoms with Gasteiger partial charge in [0, 0.05) is 31.7 Å². The van der Waals surface area contributed by atoms with Gasteiger partial charge >= 0.3 is 0 Å². The van der Waals surface area contributed by atoms with Gasteiger partial charge in [-0.1, -0.05) is 18.2 Å². The molecule has 7 heteroatoms. The number of hydrogen-bond acceptors (Lipinski definition) is 3. The molecule has 3 aromatic rings. The highest BCUT2D eigenvalue weighted by molar-refractivity contribution is 5.79. The molecule has 0 aliphatic carbocycles. The summed E-state index contributed by atoms with van der Waals surface area (Å²) in [6, 6.07) is 13.5. The average Bonchev–Trinajstić information content (AvgIpc) is 3.06. The first-order valence-electron chi connectivity index (χ1n) is 10.8. The Kier molecular flexibility index (Phi) is 8.00. The van der Waals surface area contributed by atoms with E-state index in [4.69, 9.17) is 0 Å². The van der Waals surface area contributed by atoms with Gasteiger partial charge in [0.05, 0.1) is 17.6 Å². The smallest absolute Gasteiger partial charge is 0.191 e. The van der Waals surface area contributed by atoms with Gasteiger partial charge < -0.3 is 20.1 Å². The minimum Gasteiger partial charge on any atom is -0.357 e. The van der Waals surface area contributed by atoms with Crippen molar-refractivity contribution >= 4 is 17.0 Å². The van der Waals surface area contributed by atoms with E-state index in [9.17, 15) is 4.39 Å². The van der Waals surface area contributed by atoms with Gasteiger partial charge in [-0.25, -0.2) is 14.4 Å². The number of nitrogens with zero attached hydrogens (tertiary/aromatic N) is 4. The fourth-order valence-electron chi connectivity index (χ4n) is 3.62. The van der Waals surface area contributed by atoms with Crippen molar-refractivity contribution in [2.24, 2.45) is 4.99 Å². The first-order valence-corrected chi connectivity index (χ1v) is 10.8. The molecule has 2 N–H and O–H groups in total. The van der Waals surface area contributed by atoms with Crippen molar-refractivity contribution in [2.75, 3.05) is 27.2 Å². The first kappa shape index (κ1) is 22.7. The largest absolute Gasteiger partial charge is 0.357 e. The summed E-state index contributed by atoms with van der Waals surface area (Å²) in [6.45, 7) is 7.65. The van der Waals surface area contributed by atoms with Crippen LogP contribution in [0.3, 0.4) is 0 Å². The maximum Gasteiger partial charge on any atom is 0.191 e. The third kappa shape index (κ3) is 6.28. The van der Waals surface area contributed by atoms with Crippen molar-refractivity contribution in [3.05, 3.63) is 65.2 Å². The van der Waals surface area contributed by atoms with Gasteiger partial charge in [0.25, 0.3) is 0 Å². The Morgan fingerprint density at radius 1 is 1.16 bits per heavy atom. The predicted molar refractivity (Wildman–Crippen MR) is 126 cm³/mol. The van der Waals surface area contributed by atoms with Gasteiger partial charge in [0.2, 0.25) is 0 Å². The molecule has 0 spiro atoms. The van der Waals surface area contributed by atoms with Gasteiger partial charge in [0.1, 0.15) is 11.6 Å². The van der Waals surface area contributed by atoms with Crippen molar-refractivity contribution in [3.63, 3.8) is 0 Å². The number of benzene rings is 2. The Morgan fingerprint density at radius 3 is 2.74 bits per heavy atom. The summed E-state index contributed by atoms with van der Waals surface area (Å²) >= 11 is 0. The van der Waals surface area contributed by atoms with E-state index >= 15 is 0 Å². The minimum atomic E-state index is -0.172. The number of para-hydroxylation sites is 2. The van der Waals surface area contributed by atoms with E-state index in [1.807, 2.05) is 57.1 Å². The van der Waals surface area contributed by atoms with Gasteiger partial charge in [-0.05, 0) is 64.2 Å². The highest BCUT2D eigenvalue weighted by atomic mass is 19.1. The Hall–Kier alpha value is -2.93. The molecule has 166 valence electrons. The summed E-state index contributed by atoms with van der Waals surface area (Å²) < 4.78 is 16.3. The first-order chi connectivity index (χ1) is 15.0. The lowest BCUT2D eigenvalue weighted by Gasteiger charge is -2.13. The SMILES string of the molecule is CCNC(=NCc1ccc(F)c(CN(C)C)c1)NCCCn1c(C)nc2ccccc21. The van der Waals surface area contributed by atoms with Crippen LogP contribution in [-0.2, 0) is 19.6 Å². The molecule has 0 saturated carbocycles. The van der Waals surface area contributed by atoms with E-state index in [-0.39, 0.29) is 5.82 Å². The van der Waals surface area contributed by atoms with Crippen LogP contribution in [0.1, 0.15) is 30.3 Å². The third-order valence-corrected chi connectivity index (χ3v) is 5.06. The van der Waals surface area contributed by atoms with Crippen LogP contribution in [0.5, 0.6) is 0 Å². The van der Waals surface area contributed by atoms with Crippen molar-refractivity contribution < 1.29 is 4.39 Å². The van der Waals surface area contributed by atoms with Crippen LogP contribution in [0, 0.1) is 12.7 Å². The molecule has 6 nitrogen and oxygen atoms in total. The minimum absolute atomic E-state index is 0.172. The summed E-state index contributed by atoms with van der Waals surface area (Å²) in [6.07, 6.45) is 0.954. The van der Waals surface area contributed by atoms with Crippen LogP contribution < -0.4 is 10.6 Å². The second-order valence-corrected chi connectivity index (χ2v) is 7.94. The number of aromatic nitrogens is 2. The fraction of sp³-hybridized carbons (Fsp3) is 0.417. The topological polar surface area (TPSA) is 57.5 Å². The Labute approximate surface area is 184 Å². The molecule has 1 heterocycles. The monoisotopic (exact) mass is 424 g/mol. The normalized spacial score (nSPS) is 12.0. The number of nitrogens with one attached hydrogen (secondary N) is 2. The number of imidazole rings is 1. The van der Waals surface area contributed by atoms with Gasteiger partial charge in [0.15, 0.2) is 5.96 Å². The van der Waals surface area contributed by atoms with Crippen molar-refractivity contribution in [1.82, 2.24) is 25.1 Å². The number of fused-ring (bicyclic) bond motifs is 1. The molecule has 0 bridgehead atoms. The quantitative estimate of drug-likeness (QED) is 0.313. The van der Waals surface area contributed by atoms with Crippen LogP contribution >= 0.6 is 0 Å². The lowest BCUT2D eigenvalue weighted by molar-refractivity contribution is 0.392. The van der Waals surface area contributed by atoms with Gasteiger partial charge in [-0.2, -0.15) is 0 Å². The molecule has 0 aliphatic heterocycles. The molecule has 31 heavy (non-hydrogen) atoms. The number of hydrogen-bond donors (Lipinski definition) is 2. The summed E-state index contributed by atoms with van der Waals surface area (Å²) in [7, 11) is 3.87. The molecule has 0 atom stereocenters. The van der Waals surface area contributed by atoms with Gasteiger partial charge in [-0.15, -0.1) is 0 Å². The summed E-state index contributed by atoms with van der Waals surface area (Å²) in [5.74, 6) is 1.63. The highest BCUT2D eigenvalue weighted by Crippen LogP contribution is 2.16. The fourth-order valence-corrected chi connectivity index (χ4v) is 3.62. The molecule has 0 aliphatic rings. The van der Waals surface area contributed by atoms with Crippen LogP contribution in [0.15, 0.2) is 47.5 Å². The molecule has 0 amide bonds. The van der Waals surface area contributed by atoms with E-state index in [2.05, 4.69) is 31.2 Å². The number of halogens is 1. The van der Waals surface area contributed by atoms with Gasteiger partial charge in [-0.3, -0.25) is 0 Å². The van der Waals surface area contributed by atoms with Crippen LogP contribution in [0.25, 0.3) is 11.0 Å². The molecule has 0 unspecified atom stereocenters. The summed E-state index contributed by atoms with van der Waals surface area (Å²) in [5, 5.41) is 6.69. The zero-order chi connectivity index (χ0) is 22.2. The summed E-state index contributed by atoms with van der Waals surface area (Å²) in [4.78, 5) is 11.3. The Morgan fingerprint density at radius 2 is 1.97 bits per heavy atom. The van der Waals surface area contributed by atoms with Crippen LogP contribution in [-0.4, -0.2) is 47.6 Å². The van der Waals surface area contributed by atoms with Crippen molar-refractivity contribution in [1.29, 1.82) is 0 Å². The number of rotatable bonds is 9. The summed E-state index contributed by atoms with van der Waals surface area (Å²) in [5.41, 5.74) is 3.90. The molecule has 2 aromatic carbocycles.